The molecule has 5 heteroatoms. The molecule has 1 aliphatic heterocycles. The fourth-order valence-corrected chi connectivity index (χ4v) is 2.46. The van der Waals surface area contributed by atoms with Crippen molar-refractivity contribution in [1.29, 1.82) is 5.26 Å². The first kappa shape index (κ1) is 12.2. The topological polar surface area (TPSA) is 69.0 Å². The molecule has 98 valence electrons. The van der Waals surface area contributed by atoms with E-state index in [1.165, 1.54) is 4.90 Å². The minimum absolute atomic E-state index is 0.266. The number of rotatable bonds is 0. The van der Waals surface area contributed by atoms with Crippen LogP contribution in [0.1, 0.15) is 11.1 Å². The number of fused-ring (bicyclic) bond motifs is 3. The molecule has 0 unspecified atom stereocenters. The second-order valence-corrected chi connectivity index (χ2v) is 4.69. The maximum absolute atomic E-state index is 12.1. The Kier molecular flexibility index (Phi) is 2.65. The normalized spacial score (nSPS) is 12.8. The van der Waals surface area contributed by atoms with Crippen molar-refractivity contribution in [3.8, 4) is 17.2 Å². The lowest BCUT2D eigenvalue weighted by atomic mass is 9.97. The number of amides is 2. The number of carbonyl (C=O) groups excluding carboxylic acids is 1. The van der Waals surface area contributed by atoms with E-state index < -0.39 is 0 Å². The van der Waals surface area contributed by atoms with Crippen LogP contribution in [0.2, 0.25) is 0 Å². The number of hydrogen-bond donors (Lipinski definition) is 1. The molecule has 0 bridgehead atoms. The molecular weight excluding hydrogens is 252 g/mol. The van der Waals surface area contributed by atoms with E-state index >= 15 is 0 Å². The molecule has 0 atom stereocenters. The quantitative estimate of drug-likeness (QED) is 0.795. The number of nitriles is 1. The SMILES string of the molecule is Cc1cc(C#N)cc2c1-c1cccnc1N(C)C(=O)N2. The smallest absolute Gasteiger partial charge is 0.307 e. The third-order valence-electron chi connectivity index (χ3n) is 3.38. The van der Waals surface area contributed by atoms with E-state index in [1.54, 1.807) is 19.3 Å². The number of nitrogens with zero attached hydrogens (tertiary/aromatic N) is 3. The molecule has 0 saturated carbocycles. The Balaban J connectivity index is 2.37. The van der Waals surface area contributed by atoms with Crippen molar-refractivity contribution in [2.24, 2.45) is 0 Å². The Morgan fingerprint density at radius 1 is 1.40 bits per heavy atom. The van der Waals surface area contributed by atoms with Gasteiger partial charge in [-0.2, -0.15) is 5.26 Å². The molecule has 2 aromatic rings. The number of anilines is 2. The Morgan fingerprint density at radius 2 is 2.20 bits per heavy atom. The maximum atomic E-state index is 12.1. The van der Waals surface area contributed by atoms with Gasteiger partial charge in [0.15, 0.2) is 0 Å². The van der Waals surface area contributed by atoms with E-state index in [-0.39, 0.29) is 6.03 Å². The number of carbonyl (C=O) groups is 1. The molecule has 0 radical (unpaired) electrons. The fraction of sp³-hybridized carbons (Fsp3) is 0.133. The van der Waals surface area contributed by atoms with Crippen molar-refractivity contribution in [3.63, 3.8) is 0 Å². The molecule has 1 aliphatic rings. The van der Waals surface area contributed by atoms with Gasteiger partial charge in [-0.1, -0.05) is 0 Å². The average Bonchev–Trinajstić information content (AvgIpc) is 2.55. The van der Waals surface area contributed by atoms with Crippen molar-refractivity contribution in [2.75, 3.05) is 17.3 Å². The van der Waals surface area contributed by atoms with Crippen LogP contribution in [0.3, 0.4) is 0 Å². The Morgan fingerprint density at radius 3 is 2.95 bits per heavy atom. The molecule has 20 heavy (non-hydrogen) atoms. The van der Waals surface area contributed by atoms with Gasteiger partial charge in [-0.15, -0.1) is 0 Å². The lowest BCUT2D eigenvalue weighted by Gasteiger charge is -2.15. The molecule has 1 aromatic heterocycles. The van der Waals surface area contributed by atoms with Crippen molar-refractivity contribution in [1.82, 2.24) is 4.98 Å². The summed E-state index contributed by atoms with van der Waals surface area (Å²) < 4.78 is 0. The highest BCUT2D eigenvalue weighted by Gasteiger charge is 2.25. The first-order valence-electron chi connectivity index (χ1n) is 6.16. The second kappa shape index (κ2) is 4.35. The van der Waals surface area contributed by atoms with Gasteiger partial charge in [0.1, 0.15) is 5.82 Å². The van der Waals surface area contributed by atoms with Gasteiger partial charge in [0, 0.05) is 24.4 Å². The summed E-state index contributed by atoms with van der Waals surface area (Å²) in [6.45, 7) is 1.92. The third kappa shape index (κ3) is 1.70. The lowest BCUT2D eigenvalue weighted by Crippen LogP contribution is -2.30. The van der Waals surface area contributed by atoms with Crippen LogP contribution in [0.25, 0.3) is 11.1 Å². The third-order valence-corrected chi connectivity index (χ3v) is 3.38. The first-order chi connectivity index (χ1) is 9.61. The van der Waals surface area contributed by atoms with Crippen molar-refractivity contribution in [2.45, 2.75) is 6.92 Å². The Labute approximate surface area is 116 Å². The van der Waals surface area contributed by atoms with E-state index in [2.05, 4.69) is 16.4 Å². The summed E-state index contributed by atoms with van der Waals surface area (Å²) in [5.41, 5.74) is 3.89. The van der Waals surface area contributed by atoms with Gasteiger partial charge < -0.3 is 5.32 Å². The standard InChI is InChI=1S/C15H12N4O/c1-9-6-10(8-16)7-12-13(9)11-4-3-5-17-14(11)19(2)15(20)18-12/h3-7H,1-2H3,(H,18,20). The summed E-state index contributed by atoms with van der Waals surface area (Å²) in [6.07, 6.45) is 1.66. The van der Waals surface area contributed by atoms with Crippen LogP contribution in [0.4, 0.5) is 16.3 Å². The minimum Gasteiger partial charge on any atom is -0.307 e. The summed E-state index contributed by atoms with van der Waals surface area (Å²) in [4.78, 5) is 17.9. The monoisotopic (exact) mass is 264 g/mol. The number of aromatic nitrogens is 1. The highest BCUT2D eigenvalue weighted by atomic mass is 16.2. The summed E-state index contributed by atoms with van der Waals surface area (Å²) in [7, 11) is 1.67. The van der Waals surface area contributed by atoms with Gasteiger partial charge in [-0.05, 0) is 36.8 Å². The maximum Gasteiger partial charge on any atom is 0.327 e. The largest absolute Gasteiger partial charge is 0.327 e. The molecule has 1 N–H and O–H groups in total. The number of hydrogen-bond acceptors (Lipinski definition) is 3. The number of benzene rings is 1. The predicted octanol–water partition coefficient (Wildman–Crippen LogP) is 2.91. The number of aryl methyl sites for hydroxylation is 1. The van der Waals surface area contributed by atoms with E-state index in [9.17, 15) is 4.79 Å². The van der Waals surface area contributed by atoms with Crippen LogP contribution in [0, 0.1) is 18.3 Å². The van der Waals surface area contributed by atoms with Gasteiger partial charge >= 0.3 is 6.03 Å². The van der Waals surface area contributed by atoms with Gasteiger partial charge in [-0.3, -0.25) is 4.90 Å². The molecule has 1 aromatic carbocycles. The van der Waals surface area contributed by atoms with Crippen molar-refractivity contribution >= 4 is 17.5 Å². The van der Waals surface area contributed by atoms with Crippen molar-refractivity contribution in [3.05, 3.63) is 41.6 Å². The van der Waals surface area contributed by atoms with Crippen LogP contribution in [0.5, 0.6) is 0 Å². The zero-order valence-corrected chi connectivity index (χ0v) is 11.1. The van der Waals surface area contributed by atoms with Gasteiger partial charge in [-0.25, -0.2) is 9.78 Å². The zero-order valence-electron chi connectivity index (χ0n) is 11.1. The average molecular weight is 264 g/mol. The first-order valence-corrected chi connectivity index (χ1v) is 6.16. The highest BCUT2D eigenvalue weighted by Crippen LogP contribution is 2.39. The summed E-state index contributed by atoms with van der Waals surface area (Å²) in [5, 5.41) is 11.9. The highest BCUT2D eigenvalue weighted by molar-refractivity contribution is 6.09. The molecule has 2 heterocycles. The van der Waals surface area contributed by atoms with E-state index in [0.717, 1.165) is 16.7 Å². The molecule has 3 rings (SSSR count). The van der Waals surface area contributed by atoms with Gasteiger partial charge in [0.25, 0.3) is 0 Å². The molecule has 0 aliphatic carbocycles. The Hall–Kier alpha value is -2.87. The molecule has 0 saturated heterocycles. The summed E-state index contributed by atoms with van der Waals surface area (Å²) >= 11 is 0. The lowest BCUT2D eigenvalue weighted by molar-refractivity contribution is 0.258. The second-order valence-electron chi connectivity index (χ2n) is 4.69. The van der Waals surface area contributed by atoms with Crippen molar-refractivity contribution < 1.29 is 4.79 Å². The van der Waals surface area contributed by atoms with Crippen LogP contribution in [-0.4, -0.2) is 18.1 Å². The van der Waals surface area contributed by atoms with E-state index in [0.29, 0.717) is 17.1 Å². The van der Waals surface area contributed by atoms with Gasteiger partial charge in [0.05, 0.1) is 17.3 Å². The summed E-state index contributed by atoms with van der Waals surface area (Å²) in [5.74, 6) is 0.608. The van der Waals surface area contributed by atoms with Crippen LogP contribution < -0.4 is 10.2 Å². The predicted molar refractivity (Wildman–Crippen MR) is 76.5 cm³/mol. The Bertz CT molecular complexity index is 761. The van der Waals surface area contributed by atoms with Gasteiger partial charge in [0.2, 0.25) is 0 Å². The van der Waals surface area contributed by atoms with Crippen LogP contribution in [-0.2, 0) is 0 Å². The van der Waals surface area contributed by atoms with E-state index in [4.69, 9.17) is 5.26 Å². The number of pyridine rings is 1. The molecular formula is C15H12N4O. The number of urea groups is 1. The molecule has 0 fully saturated rings. The van der Waals surface area contributed by atoms with Crippen LogP contribution >= 0.6 is 0 Å². The minimum atomic E-state index is -0.266. The fourth-order valence-electron chi connectivity index (χ4n) is 2.46. The molecule has 2 amide bonds. The van der Waals surface area contributed by atoms with E-state index in [1.807, 2.05) is 25.1 Å². The number of nitrogens with one attached hydrogen (secondary N) is 1. The molecule has 5 nitrogen and oxygen atoms in total. The summed E-state index contributed by atoms with van der Waals surface area (Å²) in [6, 6.07) is 9.11. The molecule has 0 spiro atoms. The zero-order chi connectivity index (χ0) is 14.3. The van der Waals surface area contributed by atoms with Crippen LogP contribution in [0.15, 0.2) is 30.5 Å².